The van der Waals surface area contributed by atoms with Crippen molar-refractivity contribution in [1.29, 1.82) is 0 Å². The summed E-state index contributed by atoms with van der Waals surface area (Å²) >= 11 is 0. The maximum Gasteiger partial charge on any atom is 0.335 e. The van der Waals surface area contributed by atoms with Crippen LogP contribution in [0.1, 0.15) is 39.0 Å². The van der Waals surface area contributed by atoms with Crippen molar-refractivity contribution >= 4 is 16.9 Å². The second-order valence-corrected chi connectivity index (χ2v) is 6.17. The fourth-order valence-electron chi connectivity index (χ4n) is 3.15. The van der Waals surface area contributed by atoms with Gasteiger partial charge in [0.1, 0.15) is 0 Å². The standard InChI is InChI=1S/C20H21NO4/c1-12-13(2)21(18-8-7-15(19(22)23)10-17(12)18)11-14-5-4-6-16(9-14)20(24)25-3/h4-10,20,24H,11H2,1-3H3,(H,22,23). The third kappa shape index (κ3) is 3.16. The number of aromatic nitrogens is 1. The summed E-state index contributed by atoms with van der Waals surface area (Å²) in [5.41, 5.74) is 5.20. The summed E-state index contributed by atoms with van der Waals surface area (Å²) in [7, 11) is 1.46. The number of rotatable bonds is 5. The zero-order valence-corrected chi connectivity index (χ0v) is 14.5. The Bertz CT molecular complexity index is 942. The van der Waals surface area contributed by atoms with Crippen LogP contribution in [0.5, 0.6) is 0 Å². The highest BCUT2D eigenvalue weighted by molar-refractivity contribution is 5.95. The van der Waals surface area contributed by atoms with Crippen LogP contribution in [0.3, 0.4) is 0 Å². The number of carboxylic acid groups (broad SMARTS) is 1. The Morgan fingerprint density at radius 2 is 1.96 bits per heavy atom. The number of carboxylic acids is 1. The predicted octanol–water partition coefficient (Wildman–Crippen LogP) is 3.64. The lowest BCUT2D eigenvalue weighted by atomic mass is 10.1. The van der Waals surface area contributed by atoms with Crippen LogP contribution in [0.15, 0.2) is 42.5 Å². The molecule has 0 saturated carbocycles. The van der Waals surface area contributed by atoms with Gasteiger partial charge in [-0.05, 0) is 49.2 Å². The van der Waals surface area contributed by atoms with E-state index >= 15 is 0 Å². The lowest BCUT2D eigenvalue weighted by Gasteiger charge is -2.13. The second-order valence-electron chi connectivity index (χ2n) is 6.17. The molecule has 25 heavy (non-hydrogen) atoms. The molecule has 0 aliphatic carbocycles. The van der Waals surface area contributed by atoms with Gasteiger partial charge < -0.3 is 19.5 Å². The number of hydrogen-bond donors (Lipinski definition) is 2. The number of fused-ring (bicyclic) bond motifs is 1. The average Bonchev–Trinajstić information content (AvgIpc) is 2.85. The van der Waals surface area contributed by atoms with Gasteiger partial charge in [0.25, 0.3) is 0 Å². The summed E-state index contributed by atoms with van der Waals surface area (Å²) in [6.45, 7) is 4.67. The van der Waals surface area contributed by atoms with Crippen LogP contribution in [0.4, 0.5) is 0 Å². The van der Waals surface area contributed by atoms with E-state index in [1.165, 1.54) is 7.11 Å². The van der Waals surface area contributed by atoms with Crippen LogP contribution < -0.4 is 0 Å². The fraction of sp³-hybridized carbons (Fsp3) is 0.250. The quantitative estimate of drug-likeness (QED) is 0.696. The Kier molecular flexibility index (Phi) is 4.61. The monoisotopic (exact) mass is 339 g/mol. The van der Waals surface area contributed by atoms with Gasteiger partial charge in [-0.25, -0.2) is 4.79 Å². The molecular formula is C20H21NO4. The minimum Gasteiger partial charge on any atom is -0.478 e. The van der Waals surface area contributed by atoms with Crippen molar-refractivity contribution in [1.82, 2.24) is 4.57 Å². The van der Waals surface area contributed by atoms with Gasteiger partial charge in [-0.3, -0.25) is 0 Å². The van der Waals surface area contributed by atoms with Gasteiger partial charge in [-0.2, -0.15) is 0 Å². The molecule has 0 amide bonds. The number of carbonyl (C=O) groups is 1. The summed E-state index contributed by atoms with van der Waals surface area (Å²) in [5, 5.41) is 20.0. The Morgan fingerprint density at radius 3 is 2.64 bits per heavy atom. The number of nitrogens with zero attached hydrogens (tertiary/aromatic N) is 1. The first-order valence-electron chi connectivity index (χ1n) is 8.04. The molecule has 0 bridgehead atoms. The van der Waals surface area contributed by atoms with Crippen molar-refractivity contribution < 1.29 is 19.7 Å². The smallest absolute Gasteiger partial charge is 0.335 e. The Hall–Kier alpha value is -2.63. The van der Waals surface area contributed by atoms with Crippen LogP contribution in [0.25, 0.3) is 10.9 Å². The second kappa shape index (κ2) is 6.70. The van der Waals surface area contributed by atoms with Crippen LogP contribution in [0, 0.1) is 13.8 Å². The van der Waals surface area contributed by atoms with Gasteiger partial charge in [-0.1, -0.05) is 18.2 Å². The topological polar surface area (TPSA) is 71.7 Å². The molecule has 2 N–H and O–H groups in total. The van der Waals surface area contributed by atoms with Crippen molar-refractivity contribution in [3.05, 3.63) is 70.4 Å². The first-order valence-corrected chi connectivity index (χ1v) is 8.04. The van der Waals surface area contributed by atoms with Crippen LogP contribution >= 0.6 is 0 Å². The van der Waals surface area contributed by atoms with E-state index in [0.29, 0.717) is 12.1 Å². The third-order valence-electron chi connectivity index (χ3n) is 4.69. The molecule has 0 aliphatic heterocycles. The van der Waals surface area contributed by atoms with Gasteiger partial charge in [0.05, 0.1) is 5.56 Å². The molecule has 1 aromatic heterocycles. The lowest BCUT2D eigenvalue weighted by Crippen LogP contribution is -2.05. The Balaban J connectivity index is 2.05. The molecule has 1 atom stereocenters. The first kappa shape index (κ1) is 17.2. The van der Waals surface area contributed by atoms with Crippen LogP contribution in [-0.4, -0.2) is 27.9 Å². The number of aliphatic hydroxyl groups excluding tert-OH is 1. The van der Waals surface area contributed by atoms with Crippen molar-refractivity contribution in [3.63, 3.8) is 0 Å². The molecule has 5 heteroatoms. The van der Waals surface area contributed by atoms with E-state index in [1.54, 1.807) is 12.1 Å². The molecule has 3 aromatic rings. The van der Waals surface area contributed by atoms with Crippen molar-refractivity contribution in [2.24, 2.45) is 0 Å². The number of aryl methyl sites for hydroxylation is 1. The van der Waals surface area contributed by atoms with Gasteiger partial charge >= 0.3 is 5.97 Å². The van der Waals surface area contributed by atoms with Gasteiger partial charge in [-0.15, -0.1) is 0 Å². The number of hydrogen-bond acceptors (Lipinski definition) is 3. The summed E-state index contributed by atoms with van der Waals surface area (Å²) < 4.78 is 7.13. The number of ether oxygens (including phenoxy) is 1. The molecule has 130 valence electrons. The largest absolute Gasteiger partial charge is 0.478 e. The molecule has 3 rings (SSSR count). The fourth-order valence-corrected chi connectivity index (χ4v) is 3.15. The molecule has 0 spiro atoms. The van der Waals surface area contributed by atoms with E-state index in [4.69, 9.17) is 4.74 Å². The Labute approximate surface area is 146 Å². The lowest BCUT2D eigenvalue weighted by molar-refractivity contribution is -0.0769. The highest BCUT2D eigenvalue weighted by Gasteiger charge is 2.14. The number of benzene rings is 2. The summed E-state index contributed by atoms with van der Waals surface area (Å²) in [6.07, 6.45) is -0.942. The average molecular weight is 339 g/mol. The molecule has 0 aliphatic rings. The van der Waals surface area contributed by atoms with Gasteiger partial charge in [0.15, 0.2) is 6.29 Å². The van der Waals surface area contributed by atoms with E-state index in [-0.39, 0.29) is 5.56 Å². The normalized spacial score (nSPS) is 12.5. The van der Waals surface area contributed by atoms with Crippen LogP contribution in [-0.2, 0) is 11.3 Å². The number of methoxy groups -OCH3 is 1. The van der Waals surface area contributed by atoms with E-state index in [1.807, 2.05) is 44.2 Å². The molecule has 1 heterocycles. The molecule has 1 unspecified atom stereocenters. The molecule has 0 radical (unpaired) electrons. The first-order chi connectivity index (χ1) is 11.9. The molecule has 2 aromatic carbocycles. The minimum absolute atomic E-state index is 0.290. The minimum atomic E-state index is -0.942. The van der Waals surface area contributed by atoms with Crippen LogP contribution in [0.2, 0.25) is 0 Å². The highest BCUT2D eigenvalue weighted by atomic mass is 16.6. The SMILES string of the molecule is COC(O)c1cccc(Cn2c(C)c(C)c3cc(C(=O)O)ccc32)c1. The number of aliphatic hydroxyl groups is 1. The van der Waals surface area contributed by atoms with E-state index in [0.717, 1.165) is 27.7 Å². The maximum absolute atomic E-state index is 11.2. The molecular weight excluding hydrogens is 318 g/mol. The summed E-state index contributed by atoms with van der Waals surface area (Å²) in [5.74, 6) is -0.923. The molecule has 0 saturated heterocycles. The predicted molar refractivity (Wildman–Crippen MR) is 95.9 cm³/mol. The number of aromatic carboxylic acids is 1. The molecule has 5 nitrogen and oxygen atoms in total. The Morgan fingerprint density at radius 1 is 1.20 bits per heavy atom. The van der Waals surface area contributed by atoms with E-state index in [9.17, 15) is 15.0 Å². The third-order valence-corrected chi connectivity index (χ3v) is 4.69. The van der Waals surface area contributed by atoms with E-state index < -0.39 is 12.3 Å². The maximum atomic E-state index is 11.2. The van der Waals surface area contributed by atoms with E-state index in [2.05, 4.69) is 4.57 Å². The highest BCUT2D eigenvalue weighted by Crippen LogP contribution is 2.27. The van der Waals surface area contributed by atoms with Crippen molar-refractivity contribution in [2.45, 2.75) is 26.7 Å². The summed E-state index contributed by atoms with van der Waals surface area (Å²) in [4.78, 5) is 11.2. The molecule has 0 fully saturated rings. The zero-order valence-electron chi connectivity index (χ0n) is 14.5. The van der Waals surface area contributed by atoms with Gasteiger partial charge in [0, 0.05) is 35.8 Å². The van der Waals surface area contributed by atoms with Crippen molar-refractivity contribution in [3.8, 4) is 0 Å². The summed E-state index contributed by atoms with van der Waals surface area (Å²) in [6, 6.07) is 12.8. The van der Waals surface area contributed by atoms with Crippen molar-refractivity contribution in [2.75, 3.05) is 7.11 Å². The van der Waals surface area contributed by atoms with Gasteiger partial charge in [0.2, 0.25) is 0 Å². The zero-order chi connectivity index (χ0) is 18.1.